The lowest BCUT2D eigenvalue weighted by atomic mass is 9.97. The van der Waals surface area contributed by atoms with Crippen LogP contribution in [0.1, 0.15) is 15.9 Å². The second-order valence-corrected chi connectivity index (χ2v) is 7.47. The molecule has 33 heavy (non-hydrogen) atoms. The monoisotopic (exact) mass is 444 g/mol. The van der Waals surface area contributed by atoms with Crippen LogP contribution in [-0.2, 0) is 0 Å². The lowest BCUT2D eigenvalue weighted by molar-refractivity contribution is 0.0698. The van der Waals surface area contributed by atoms with Gasteiger partial charge in [0.25, 0.3) is 0 Å². The zero-order valence-corrected chi connectivity index (χ0v) is 17.7. The van der Waals surface area contributed by atoms with Crippen molar-refractivity contribution >= 4 is 22.6 Å². The van der Waals surface area contributed by atoms with Gasteiger partial charge in [-0.15, -0.1) is 0 Å². The van der Waals surface area contributed by atoms with E-state index >= 15 is 0 Å². The highest BCUT2D eigenvalue weighted by molar-refractivity contribution is 6.06. The summed E-state index contributed by atoms with van der Waals surface area (Å²) in [7, 11) is 0. The molecule has 3 N–H and O–H groups in total. The SMILES string of the molecule is Cc1c(-c2ccccc2)nc2cc3c(cc2c1C(=O)O)OCO3.Nc1ccc2c(c1)OCO2. The molecule has 1 aromatic heterocycles. The van der Waals surface area contributed by atoms with Crippen LogP contribution in [0.4, 0.5) is 5.69 Å². The van der Waals surface area contributed by atoms with Crippen molar-refractivity contribution in [3.05, 3.63) is 71.8 Å². The molecule has 0 amide bonds. The number of ether oxygens (including phenoxy) is 4. The predicted molar refractivity (Wildman–Crippen MR) is 122 cm³/mol. The van der Waals surface area contributed by atoms with Crippen molar-refractivity contribution in [2.75, 3.05) is 19.3 Å². The maximum atomic E-state index is 11.8. The number of anilines is 1. The third-order valence-electron chi connectivity index (χ3n) is 5.38. The van der Waals surface area contributed by atoms with E-state index in [1.807, 2.05) is 30.3 Å². The van der Waals surface area contributed by atoms with Gasteiger partial charge in [0.1, 0.15) is 0 Å². The van der Waals surface area contributed by atoms with Crippen LogP contribution in [-0.4, -0.2) is 29.6 Å². The predicted octanol–water partition coefficient (Wildman–Crippen LogP) is 4.63. The summed E-state index contributed by atoms with van der Waals surface area (Å²) in [4.78, 5) is 16.5. The van der Waals surface area contributed by atoms with Crippen LogP contribution in [0.25, 0.3) is 22.2 Å². The van der Waals surface area contributed by atoms with E-state index in [9.17, 15) is 9.90 Å². The van der Waals surface area contributed by atoms with Crippen molar-refractivity contribution in [3.63, 3.8) is 0 Å². The van der Waals surface area contributed by atoms with Crippen LogP contribution in [0, 0.1) is 6.92 Å². The molecule has 0 spiro atoms. The fraction of sp³-hybridized carbons (Fsp3) is 0.120. The molecule has 6 rings (SSSR count). The molecule has 0 saturated heterocycles. The minimum Gasteiger partial charge on any atom is -0.478 e. The number of nitrogen functional groups attached to an aromatic ring is 1. The molecule has 4 aromatic rings. The van der Waals surface area contributed by atoms with Gasteiger partial charge in [-0.3, -0.25) is 0 Å². The Morgan fingerprint density at radius 1 is 0.879 bits per heavy atom. The van der Waals surface area contributed by atoms with E-state index in [0.717, 1.165) is 17.1 Å². The summed E-state index contributed by atoms with van der Waals surface area (Å²) in [5.41, 5.74) is 9.19. The van der Waals surface area contributed by atoms with E-state index in [1.165, 1.54) is 0 Å². The molecule has 2 aliphatic rings. The van der Waals surface area contributed by atoms with Crippen molar-refractivity contribution in [3.8, 4) is 34.3 Å². The molecule has 8 nitrogen and oxygen atoms in total. The summed E-state index contributed by atoms with van der Waals surface area (Å²) in [6, 6.07) is 18.3. The number of carboxylic acid groups (broad SMARTS) is 1. The summed E-state index contributed by atoms with van der Waals surface area (Å²) in [6.07, 6.45) is 0. The minimum absolute atomic E-state index is 0.137. The fourth-order valence-electron chi connectivity index (χ4n) is 3.81. The van der Waals surface area contributed by atoms with Gasteiger partial charge < -0.3 is 29.8 Å². The molecule has 3 heterocycles. The van der Waals surface area contributed by atoms with Crippen molar-refractivity contribution in [2.45, 2.75) is 6.92 Å². The van der Waals surface area contributed by atoms with Gasteiger partial charge in [-0.1, -0.05) is 30.3 Å². The van der Waals surface area contributed by atoms with E-state index < -0.39 is 5.97 Å². The Hall–Kier alpha value is -4.46. The first-order chi connectivity index (χ1) is 16.0. The van der Waals surface area contributed by atoms with Gasteiger partial charge in [0.2, 0.25) is 13.6 Å². The Morgan fingerprint density at radius 2 is 1.52 bits per heavy atom. The molecule has 2 aliphatic heterocycles. The fourth-order valence-corrected chi connectivity index (χ4v) is 3.81. The molecular formula is C25H20N2O6. The van der Waals surface area contributed by atoms with Crippen LogP contribution >= 0.6 is 0 Å². The highest BCUT2D eigenvalue weighted by Crippen LogP contribution is 2.39. The molecule has 0 saturated carbocycles. The summed E-state index contributed by atoms with van der Waals surface area (Å²) in [5, 5.41) is 10.2. The van der Waals surface area contributed by atoms with Crippen molar-refractivity contribution in [1.82, 2.24) is 4.98 Å². The number of pyridine rings is 1. The Kier molecular flexibility index (Phi) is 5.10. The van der Waals surface area contributed by atoms with E-state index in [-0.39, 0.29) is 12.4 Å². The maximum absolute atomic E-state index is 11.8. The van der Waals surface area contributed by atoms with E-state index in [0.29, 0.717) is 46.1 Å². The second kappa shape index (κ2) is 8.23. The number of nitrogens with zero attached hydrogens (tertiary/aromatic N) is 1. The Bertz CT molecular complexity index is 1370. The normalized spacial score (nSPS) is 12.9. The topological polar surface area (TPSA) is 113 Å². The molecular weight excluding hydrogens is 424 g/mol. The molecule has 0 unspecified atom stereocenters. The molecule has 3 aromatic carbocycles. The number of carbonyl (C=O) groups is 1. The average Bonchev–Trinajstić information content (AvgIpc) is 3.46. The van der Waals surface area contributed by atoms with Crippen molar-refractivity contribution < 1.29 is 28.8 Å². The Labute approximate surface area is 189 Å². The number of rotatable bonds is 2. The van der Waals surface area contributed by atoms with E-state index in [2.05, 4.69) is 4.98 Å². The van der Waals surface area contributed by atoms with Crippen LogP contribution in [0.15, 0.2) is 60.7 Å². The number of benzene rings is 3. The largest absolute Gasteiger partial charge is 0.478 e. The number of nitrogens with two attached hydrogens (primary N) is 1. The Morgan fingerprint density at radius 3 is 2.21 bits per heavy atom. The molecule has 0 bridgehead atoms. The number of hydrogen-bond acceptors (Lipinski definition) is 7. The first kappa shape index (κ1) is 20.4. The van der Waals surface area contributed by atoms with Crippen LogP contribution in [0.3, 0.4) is 0 Å². The lowest BCUT2D eigenvalue weighted by Gasteiger charge is -2.12. The molecule has 0 radical (unpaired) electrons. The van der Waals surface area contributed by atoms with E-state index in [4.69, 9.17) is 24.7 Å². The van der Waals surface area contributed by atoms with Crippen LogP contribution in [0.5, 0.6) is 23.0 Å². The number of aromatic nitrogens is 1. The third kappa shape index (κ3) is 3.82. The minimum atomic E-state index is -0.981. The molecule has 8 heteroatoms. The van der Waals surface area contributed by atoms with Gasteiger partial charge in [-0.2, -0.15) is 0 Å². The highest BCUT2D eigenvalue weighted by Gasteiger charge is 2.22. The Balaban J connectivity index is 0.000000190. The van der Waals surface area contributed by atoms with Crippen LogP contribution in [0.2, 0.25) is 0 Å². The molecule has 166 valence electrons. The van der Waals surface area contributed by atoms with Crippen molar-refractivity contribution in [2.24, 2.45) is 0 Å². The standard InChI is InChI=1S/C18H13NO4.C7H7NO2/c1-10-16(18(20)21)12-7-14-15(23-9-22-14)8-13(12)19-17(10)11-5-3-2-4-6-11;8-5-1-2-6-7(3-5)10-4-9-6/h2-8H,9H2,1H3,(H,20,21);1-3H,4,8H2. The molecule has 0 fully saturated rings. The lowest BCUT2D eigenvalue weighted by Crippen LogP contribution is -2.05. The number of fused-ring (bicyclic) bond motifs is 3. The van der Waals surface area contributed by atoms with Gasteiger partial charge in [-0.05, 0) is 30.7 Å². The van der Waals surface area contributed by atoms with Gasteiger partial charge >= 0.3 is 5.97 Å². The average molecular weight is 444 g/mol. The number of hydrogen-bond donors (Lipinski definition) is 2. The van der Waals surface area contributed by atoms with Gasteiger partial charge in [0, 0.05) is 28.8 Å². The number of carboxylic acids is 1. The second-order valence-electron chi connectivity index (χ2n) is 7.47. The maximum Gasteiger partial charge on any atom is 0.336 e. The first-order valence-electron chi connectivity index (χ1n) is 10.2. The number of aromatic carboxylic acids is 1. The zero-order chi connectivity index (χ0) is 22.9. The van der Waals surface area contributed by atoms with Gasteiger partial charge in [0.15, 0.2) is 23.0 Å². The van der Waals surface area contributed by atoms with E-state index in [1.54, 1.807) is 37.3 Å². The molecule has 0 aliphatic carbocycles. The van der Waals surface area contributed by atoms with Crippen molar-refractivity contribution in [1.29, 1.82) is 0 Å². The van der Waals surface area contributed by atoms with Gasteiger partial charge in [-0.25, -0.2) is 9.78 Å². The molecule has 0 atom stereocenters. The zero-order valence-electron chi connectivity index (χ0n) is 17.7. The highest BCUT2D eigenvalue weighted by atomic mass is 16.7. The quantitative estimate of drug-likeness (QED) is 0.430. The van der Waals surface area contributed by atoms with Crippen LogP contribution < -0.4 is 24.7 Å². The summed E-state index contributed by atoms with van der Waals surface area (Å²) >= 11 is 0. The smallest absolute Gasteiger partial charge is 0.336 e. The first-order valence-corrected chi connectivity index (χ1v) is 10.2. The summed E-state index contributed by atoms with van der Waals surface area (Å²) < 4.78 is 20.9. The van der Waals surface area contributed by atoms with Gasteiger partial charge in [0.05, 0.1) is 16.8 Å². The summed E-state index contributed by atoms with van der Waals surface area (Å²) in [6.45, 7) is 2.22. The summed E-state index contributed by atoms with van der Waals surface area (Å²) in [5.74, 6) is 1.66. The third-order valence-corrected chi connectivity index (χ3v) is 5.38.